The average Bonchev–Trinajstić information content (AvgIpc) is 2.76. The van der Waals surface area contributed by atoms with E-state index in [2.05, 4.69) is 20.6 Å². The van der Waals surface area contributed by atoms with E-state index < -0.39 is 0 Å². The van der Waals surface area contributed by atoms with Gasteiger partial charge >= 0.3 is 0 Å². The van der Waals surface area contributed by atoms with Crippen LogP contribution in [0.1, 0.15) is 23.0 Å². The van der Waals surface area contributed by atoms with Gasteiger partial charge in [-0.15, -0.1) is 11.3 Å². The number of pyridine rings is 1. The number of rotatable bonds is 4. The summed E-state index contributed by atoms with van der Waals surface area (Å²) in [7, 11) is 0. The minimum atomic E-state index is -0.201. The Morgan fingerprint density at radius 1 is 1.50 bits per heavy atom. The van der Waals surface area contributed by atoms with Gasteiger partial charge in [0.2, 0.25) is 0 Å². The molecule has 2 heterocycles. The van der Waals surface area contributed by atoms with Gasteiger partial charge in [0, 0.05) is 18.1 Å². The van der Waals surface area contributed by atoms with Gasteiger partial charge in [-0.25, -0.2) is 9.97 Å². The lowest BCUT2D eigenvalue weighted by molar-refractivity contribution is 0.102. The summed E-state index contributed by atoms with van der Waals surface area (Å²) in [6.07, 6.45) is 1.66. The summed E-state index contributed by atoms with van der Waals surface area (Å²) in [5, 5.41) is 8.32. The molecule has 0 saturated carbocycles. The summed E-state index contributed by atoms with van der Waals surface area (Å²) < 4.78 is 0. The summed E-state index contributed by atoms with van der Waals surface area (Å²) in [4.78, 5) is 20.4. The first-order chi connectivity index (χ1) is 8.70. The Labute approximate surface area is 109 Å². The molecular weight excluding hydrogens is 248 g/mol. The van der Waals surface area contributed by atoms with Gasteiger partial charge in [-0.2, -0.15) is 0 Å². The quantitative estimate of drug-likeness (QED) is 0.888. The van der Waals surface area contributed by atoms with Crippen LogP contribution in [0.4, 0.5) is 10.9 Å². The van der Waals surface area contributed by atoms with Crippen LogP contribution < -0.4 is 10.6 Å². The monoisotopic (exact) mass is 262 g/mol. The Kier molecular flexibility index (Phi) is 3.88. The summed E-state index contributed by atoms with van der Waals surface area (Å²) in [5.74, 6) is 0.388. The van der Waals surface area contributed by atoms with E-state index in [1.807, 2.05) is 19.2 Å². The first-order valence-electron chi connectivity index (χ1n) is 5.63. The number of aryl methyl sites for hydroxylation is 1. The fourth-order valence-electron chi connectivity index (χ4n) is 1.47. The number of carbonyl (C=O) groups excluding carboxylic acids is 1. The van der Waals surface area contributed by atoms with E-state index in [1.54, 1.807) is 18.3 Å². The zero-order valence-corrected chi connectivity index (χ0v) is 11.0. The van der Waals surface area contributed by atoms with E-state index in [0.29, 0.717) is 23.1 Å². The number of amides is 1. The number of nitrogens with one attached hydrogen (secondary N) is 2. The molecular formula is C12H14N4OS. The highest BCUT2D eigenvalue weighted by Gasteiger charge is 2.13. The van der Waals surface area contributed by atoms with E-state index in [-0.39, 0.29) is 5.91 Å². The lowest BCUT2D eigenvalue weighted by Gasteiger charge is -2.08. The second kappa shape index (κ2) is 5.59. The number of aromatic nitrogens is 2. The largest absolute Gasteiger partial charge is 0.370 e. The molecule has 0 aliphatic carbocycles. The third kappa shape index (κ3) is 2.84. The molecule has 0 unspecified atom stereocenters. The fraction of sp³-hybridized carbons (Fsp3) is 0.250. The second-order valence-electron chi connectivity index (χ2n) is 3.68. The summed E-state index contributed by atoms with van der Waals surface area (Å²) in [6, 6.07) is 3.48. The van der Waals surface area contributed by atoms with Crippen molar-refractivity contribution in [2.75, 3.05) is 17.2 Å². The maximum Gasteiger partial charge on any atom is 0.261 e. The highest BCUT2D eigenvalue weighted by atomic mass is 32.1. The molecule has 1 amide bonds. The van der Waals surface area contributed by atoms with Crippen molar-refractivity contribution in [3.63, 3.8) is 0 Å². The van der Waals surface area contributed by atoms with Crippen LogP contribution in [0.25, 0.3) is 0 Å². The highest BCUT2D eigenvalue weighted by Crippen LogP contribution is 2.18. The van der Waals surface area contributed by atoms with Crippen molar-refractivity contribution in [3.8, 4) is 0 Å². The van der Waals surface area contributed by atoms with Crippen LogP contribution in [0.3, 0.4) is 0 Å². The van der Waals surface area contributed by atoms with Crippen molar-refractivity contribution in [1.82, 2.24) is 9.97 Å². The molecule has 2 aromatic rings. The molecule has 5 nitrogen and oxygen atoms in total. The Hall–Kier alpha value is -1.95. The van der Waals surface area contributed by atoms with Crippen molar-refractivity contribution in [2.45, 2.75) is 13.8 Å². The minimum Gasteiger partial charge on any atom is -0.370 e. The number of thiazole rings is 1. The van der Waals surface area contributed by atoms with Gasteiger partial charge in [-0.05, 0) is 26.0 Å². The van der Waals surface area contributed by atoms with Gasteiger partial charge in [0.25, 0.3) is 5.91 Å². The average molecular weight is 262 g/mol. The van der Waals surface area contributed by atoms with Crippen molar-refractivity contribution in [2.24, 2.45) is 0 Å². The maximum atomic E-state index is 12.1. The van der Waals surface area contributed by atoms with Gasteiger partial charge in [0.15, 0.2) is 5.13 Å². The van der Waals surface area contributed by atoms with Crippen LogP contribution in [0.15, 0.2) is 23.7 Å². The van der Waals surface area contributed by atoms with Crippen LogP contribution >= 0.6 is 11.3 Å². The minimum absolute atomic E-state index is 0.201. The molecule has 18 heavy (non-hydrogen) atoms. The lowest BCUT2D eigenvalue weighted by Crippen LogP contribution is -2.15. The molecule has 2 rings (SSSR count). The first-order valence-corrected chi connectivity index (χ1v) is 6.51. The van der Waals surface area contributed by atoms with Crippen LogP contribution in [0, 0.1) is 6.92 Å². The molecule has 6 heteroatoms. The normalized spacial score (nSPS) is 10.1. The SMILES string of the molecule is CCNc1ncccc1C(=O)Nc1nc(C)cs1. The van der Waals surface area contributed by atoms with E-state index >= 15 is 0 Å². The van der Waals surface area contributed by atoms with Crippen molar-refractivity contribution in [3.05, 3.63) is 35.0 Å². The fourth-order valence-corrected chi connectivity index (χ4v) is 2.16. The van der Waals surface area contributed by atoms with E-state index in [1.165, 1.54) is 11.3 Å². The van der Waals surface area contributed by atoms with Gasteiger partial charge < -0.3 is 5.32 Å². The molecule has 0 bridgehead atoms. The molecule has 0 spiro atoms. The zero-order chi connectivity index (χ0) is 13.0. The maximum absolute atomic E-state index is 12.1. The molecule has 0 atom stereocenters. The van der Waals surface area contributed by atoms with Gasteiger partial charge in [0.1, 0.15) is 5.82 Å². The van der Waals surface area contributed by atoms with Crippen LogP contribution in [0.2, 0.25) is 0 Å². The Morgan fingerprint density at radius 2 is 2.33 bits per heavy atom. The second-order valence-corrected chi connectivity index (χ2v) is 4.54. The third-order valence-corrected chi connectivity index (χ3v) is 3.11. The summed E-state index contributed by atoms with van der Waals surface area (Å²) in [5.41, 5.74) is 1.42. The lowest BCUT2D eigenvalue weighted by atomic mass is 10.2. The summed E-state index contributed by atoms with van der Waals surface area (Å²) >= 11 is 1.41. The predicted molar refractivity (Wildman–Crippen MR) is 73.2 cm³/mol. The van der Waals surface area contributed by atoms with Crippen LogP contribution in [-0.4, -0.2) is 22.4 Å². The Balaban J connectivity index is 2.18. The standard InChI is InChI=1S/C12H14N4OS/c1-3-13-10-9(5-4-6-14-10)11(17)16-12-15-8(2)7-18-12/h4-7H,3H2,1-2H3,(H,13,14)(H,15,16,17). The van der Waals surface area contributed by atoms with Crippen LogP contribution in [-0.2, 0) is 0 Å². The smallest absolute Gasteiger partial charge is 0.261 e. The van der Waals surface area contributed by atoms with E-state index in [9.17, 15) is 4.79 Å². The van der Waals surface area contributed by atoms with Crippen molar-refractivity contribution < 1.29 is 4.79 Å². The molecule has 0 fully saturated rings. The molecule has 0 aliphatic rings. The van der Waals surface area contributed by atoms with E-state index in [4.69, 9.17) is 0 Å². The summed E-state index contributed by atoms with van der Waals surface area (Å²) in [6.45, 7) is 4.56. The number of nitrogens with zero attached hydrogens (tertiary/aromatic N) is 2. The molecule has 2 aromatic heterocycles. The topological polar surface area (TPSA) is 66.9 Å². The predicted octanol–water partition coefficient (Wildman–Crippen LogP) is 2.53. The van der Waals surface area contributed by atoms with Crippen molar-refractivity contribution in [1.29, 1.82) is 0 Å². The molecule has 0 radical (unpaired) electrons. The van der Waals surface area contributed by atoms with Crippen molar-refractivity contribution >= 4 is 28.2 Å². The number of hydrogen-bond donors (Lipinski definition) is 2. The van der Waals surface area contributed by atoms with Crippen LogP contribution in [0.5, 0.6) is 0 Å². The molecule has 2 N–H and O–H groups in total. The Bertz CT molecular complexity index is 553. The molecule has 0 aromatic carbocycles. The third-order valence-electron chi connectivity index (χ3n) is 2.24. The highest BCUT2D eigenvalue weighted by molar-refractivity contribution is 7.13. The number of anilines is 2. The molecule has 94 valence electrons. The number of hydrogen-bond acceptors (Lipinski definition) is 5. The van der Waals surface area contributed by atoms with Gasteiger partial charge in [-0.3, -0.25) is 10.1 Å². The number of carbonyl (C=O) groups is 1. The van der Waals surface area contributed by atoms with Gasteiger partial charge in [-0.1, -0.05) is 0 Å². The zero-order valence-electron chi connectivity index (χ0n) is 10.2. The molecule has 0 saturated heterocycles. The Morgan fingerprint density at radius 3 is 3.00 bits per heavy atom. The van der Waals surface area contributed by atoms with E-state index in [0.717, 1.165) is 5.69 Å². The first kappa shape index (κ1) is 12.5. The van der Waals surface area contributed by atoms with Gasteiger partial charge in [0.05, 0.1) is 11.3 Å². The molecule has 0 aliphatic heterocycles.